The van der Waals surface area contributed by atoms with Crippen molar-refractivity contribution in [2.24, 2.45) is 0 Å². The number of amides is 1. The van der Waals surface area contributed by atoms with Gasteiger partial charge in [0.05, 0.1) is 20.3 Å². The number of rotatable bonds is 3. The van der Waals surface area contributed by atoms with Crippen LogP contribution in [0.1, 0.15) is 5.56 Å². The molecular formula is C14H17NO5. The second kappa shape index (κ2) is 6.91. The van der Waals surface area contributed by atoms with Gasteiger partial charge in [-0.25, -0.2) is 9.59 Å². The van der Waals surface area contributed by atoms with Gasteiger partial charge in [-0.05, 0) is 5.56 Å². The van der Waals surface area contributed by atoms with Crippen molar-refractivity contribution >= 4 is 12.1 Å². The van der Waals surface area contributed by atoms with Gasteiger partial charge in [-0.1, -0.05) is 30.3 Å². The van der Waals surface area contributed by atoms with E-state index in [1.165, 1.54) is 12.0 Å². The molecule has 1 atom stereocenters. The molecule has 1 heterocycles. The number of hydrogen-bond acceptors (Lipinski definition) is 5. The van der Waals surface area contributed by atoms with E-state index in [1.54, 1.807) is 0 Å². The van der Waals surface area contributed by atoms with Crippen molar-refractivity contribution in [2.45, 2.75) is 12.6 Å². The number of carbonyl (C=O) groups excluding carboxylic acids is 2. The summed E-state index contributed by atoms with van der Waals surface area (Å²) < 4.78 is 15.1. The van der Waals surface area contributed by atoms with Crippen molar-refractivity contribution in [3.05, 3.63) is 35.9 Å². The maximum atomic E-state index is 12.0. The van der Waals surface area contributed by atoms with E-state index >= 15 is 0 Å². The summed E-state index contributed by atoms with van der Waals surface area (Å²) in [5, 5.41) is 0. The van der Waals surface area contributed by atoms with Gasteiger partial charge in [0.2, 0.25) is 0 Å². The summed E-state index contributed by atoms with van der Waals surface area (Å²) in [5.74, 6) is -0.499. The highest BCUT2D eigenvalue weighted by Gasteiger charge is 2.34. The quantitative estimate of drug-likeness (QED) is 0.778. The van der Waals surface area contributed by atoms with Crippen LogP contribution in [0.5, 0.6) is 0 Å². The molecule has 1 aliphatic heterocycles. The largest absolute Gasteiger partial charge is 0.467 e. The number of methoxy groups -OCH3 is 1. The molecule has 1 fully saturated rings. The molecule has 0 saturated carbocycles. The molecule has 1 aliphatic rings. The monoisotopic (exact) mass is 279 g/mol. The fourth-order valence-electron chi connectivity index (χ4n) is 1.96. The molecule has 0 spiro atoms. The standard InChI is InChI=1S/C14H17NO5/c1-18-13(16)12-10-19-8-7-15(12)14(17)20-9-11-5-3-2-4-6-11/h2-6,12H,7-10H2,1H3/t12-/m1/s1. The van der Waals surface area contributed by atoms with Crippen LogP contribution < -0.4 is 0 Å². The molecule has 1 aromatic rings. The van der Waals surface area contributed by atoms with E-state index in [-0.39, 0.29) is 13.2 Å². The minimum Gasteiger partial charge on any atom is -0.467 e. The minimum atomic E-state index is -0.739. The van der Waals surface area contributed by atoms with Gasteiger partial charge in [0.1, 0.15) is 6.61 Å². The van der Waals surface area contributed by atoms with Crippen LogP contribution in [0.15, 0.2) is 30.3 Å². The second-order valence-electron chi connectivity index (χ2n) is 4.35. The minimum absolute atomic E-state index is 0.132. The number of nitrogens with zero attached hydrogens (tertiary/aromatic N) is 1. The lowest BCUT2D eigenvalue weighted by atomic mass is 10.2. The van der Waals surface area contributed by atoms with Crippen LogP contribution in [0.4, 0.5) is 4.79 Å². The van der Waals surface area contributed by atoms with Crippen LogP contribution in [-0.4, -0.2) is 49.9 Å². The Bertz CT molecular complexity index is 462. The average Bonchev–Trinajstić information content (AvgIpc) is 2.52. The lowest BCUT2D eigenvalue weighted by molar-refractivity contribution is -0.152. The zero-order valence-electron chi connectivity index (χ0n) is 11.3. The summed E-state index contributed by atoms with van der Waals surface area (Å²) >= 11 is 0. The third-order valence-electron chi connectivity index (χ3n) is 3.04. The molecule has 6 heteroatoms. The first-order valence-electron chi connectivity index (χ1n) is 6.35. The Labute approximate surface area is 117 Å². The smallest absolute Gasteiger partial charge is 0.411 e. The summed E-state index contributed by atoms with van der Waals surface area (Å²) in [6.45, 7) is 0.999. The molecular weight excluding hydrogens is 262 g/mol. The van der Waals surface area contributed by atoms with E-state index < -0.39 is 18.1 Å². The van der Waals surface area contributed by atoms with Crippen LogP contribution in [0.2, 0.25) is 0 Å². The first kappa shape index (κ1) is 14.3. The molecule has 0 bridgehead atoms. The fourth-order valence-corrected chi connectivity index (χ4v) is 1.96. The predicted octanol–water partition coefficient (Wildman–Crippen LogP) is 1.20. The Morgan fingerprint density at radius 2 is 2.10 bits per heavy atom. The van der Waals surface area contributed by atoms with Crippen LogP contribution in [0.25, 0.3) is 0 Å². The molecule has 1 saturated heterocycles. The Hall–Kier alpha value is -2.08. The number of hydrogen-bond donors (Lipinski definition) is 0. The summed E-state index contributed by atoms with van der Waals surface area (Å²) in [5.41, 5.74) is 0.892. The third-order valence-corrected chi connectivity index (χ3v) is 3.04. The molecule has 1 amide bonds. The average molecular weight is 279 g/mol. The van der Waals surface area contributed by atoms with Crippen LogP contribution in [-0.2, 0) is 25.6 Å². The van der Waals surface area contributed by atoms with Crippen LogP contribution in [0, 0.1) is 0 Å². The topological polar surface area (TPSA) is 65.1 Å². The fraction of sp³-hybridized carbons (Fsp3) is 0.429. The number of morpholine rings is 1. The molecule has 0 unspecified atom stereocenters. The number of esters is 1. The van der Waals surface area contributed by atoms with Gasteiger partial charge in [-0.15, -0.1) is 0 Å². The number of ether oxygens (including phenoxy) is 3. The Morgan fingerprint density at radius 3 is 2.80 bits per heavy atom. The van der Waals surface area contributed by atoms with Crippen LogP contribution in [0.3, 0.4) is 0 Å². The lowest BCUT2D eigenvalue weighted by Crippen LogP contribution is -2.53. The molecule has 2 rings (SSSR count). The molecule has 0 aromatic heterocycles. The highest BCUT2D eigenvalue weighted by molar-refractivity contribution is 5.81. The molecule has 1 aromatic carbocycles. The van der Waals surface area contributed by atoms with E-state index in [1.807, 2.05) is 30.3 Å². The van der Waals surface area contributed by atoms with E-state index in [0.717, 1.165) is 5.56 Å². The second-order valence-corrected chi connectivity index (χ2v) is 4.35. The molecule has 0 N–H and O–H groups in total. The summed E-state index contributed by atoms with van der Waals surface area (Å²) in [6.07, 6.45) is -0.535. The van der Waals surface area contributed by atoms with Crippen molar-refractivity contribution in [1.29, 1.82) is 0 Å². The van der Waals surface area contributed by atoms with E-state index in [2.05, 4.69) is 4.74 Å². The van der Waals surface area contributed by atoms with E-state index in [9.17, 15) is 9.59 Å². The van der Waals surface area contributed by atoms with Gasteiger partial charge in [0, 0.05) is 6.54 Å². The van der Waals surface area contributed by atoms with Crippen molar-refractivity contribution in [2.75, 3.05) is 26.9 Å². The number of carbonyl (C=O) groups is 2. The van der Waals surface area contributed by atoms with Gasteiger partial charge < -0.3 is 14.2 Å². The lowest BCUT2D eigenvalue weighted by Gasteiger charge is -2.32. The Balaban J connectivity index is 1.94. The molecule has 0 aliphatic carbocycles. The molecule has 108 valence electrons. The summed E-state index contributed by atoms with van der Waals surface area (Å²) in [4.78, 5) is 25.0. The number of benzene rings is 1. The van der Waals surface area contributed by atoms with Crippen molar-refractivity contribution in [3.63, 3.8) is 0 Å². The summed E-state index contributed by atoms with van der Waals surface area (Å²) in [7, 11) is 1.28. The van der Waals surface area contributed by atoms with Crippen LogP contribution >= 0.6 is 0 Å². The first-order chi connectivity index (χ1) is 9.72. The highest BCUT2D eigenvalue weighted by Crippen LogP contribution is 2.11. The van der Waals surface area contributed by atoms with Gasteiger partial charge >= 0.3 is 12.1 Å². The van der Waals surface area contributed by atoms with Gasteiger partial charge in [-0.3, -0.25) is 4.90 Å². The van der Waals surface area contributed by atoms with Crippen molar-refractivity contribution in [1.82, 2.24) is 4.90 Å². The van der Waals surface area contributed by atoms with Gasteiger partial charge in [0.25, 0.3) is 0 Å². The highest BCUT2D eigenvalue weighted by atomic mass is 16.6. The normalized spacial score (nSPS) is 18.4. The Kier molecular flexibility index (Phi) is 4.95. The third kappa shape index (κ3) is 3.48. The molecule has 20 heavy (non-hydrogen) atoms. The SMILES string of the molecule is COC(=O)[C@H]1COCCN1C(=O)OCc1ccccc1. The predicted molar refractivity (Wildman–Crippen MR) is 70.0 cm³/mol. The van der Waals surface area contributed by atoms with Gasteiger partial charge in [0.15, 0.2) is 6.04 Å². The van der Waals surface area contributed by atoms with Crippen molar-refractivity contribution < 1.29 is 23.8 Å². The maximum Gasteiger partial charge on any atom is 0.411 e. The molecule has 0 radical (unpaired) electrons. The summed E-state index contributed by atoms with van der Waals surface area (Å²) in [6, 6.07) is 8.62. The van der Waals surface area contributed by atoms with E-state index in [4.69, 9.17) is 9.47 Å². The van der Waals surface area contributed by atoms with E-state index in [0.29, 0.717) is 13.2 Å². The van der Waals surface area contributed by atoms with Crippen molar-refractivity contribution in [3.8, 4) is 0 Å². The maximum absolute atomic E-state index is 12.0. The Morgan fingerprint density at radius 1 is 1.35 bits per heavy atom. The molecule has 6 nitrogen and oxygen atoms in total. The zero-order valence-corrected chi connectivity index (χ0v) is 11.3. The zero-order chi connectivity index (χ0) is 14.4. The van der Waals surface area contributed by atoms with Gasteiger partial charge in [-0.2, -0.15) is 0 Å². The first-order valence-corrected chi connectivity index (χ1v) is 6.35.